The monoisotopic (exact) mass is 213 g/mol. The number of carbonyl (C=O) groups is 1. The molecule has 0 radical (unpaired) electrons. The second kappa shape index (κ2) is 4.74. The summed E-state index contributed by atoms with van der Waals surface area (Å²) in [6.45, 7) is 1.20. The molecule has 0 rings (SSSR count). The van der Waals surface area contributed by atoms with Gasteiger partial charge < -0.3 is 0 Å². The molecule has 0 bridgehead atoms. The molecule has 0 saturated heterocycles. The average molecular weight is 213 g/mol. The minimum atomic E-state index is -4.44. The van der Waals surface area contributed by atoms with Crippen molar-refractivity contribution in [3.63, 3.8) is 0 Å². The first kappa shape index (κ1) is 11.8. The molecule has 1 atom stereocenters. The summed E-state index contributed by atoms with van der Waals surface area (Å²) in [5, 5.41) is 1.68. The normalized spacial score (nSPS) is 13.6. The van der Waals surface area contributed by atoms with Crippen LogP contribution in [0.2, 0.25) is 0 Å². The van der Waals surface area contributed by atoms with Crippen molar-refractivity contribution in [2.45, 2.75) is 13.0 Å². The molecule has 68 valence electrons. The van der Waals surface area contributed by atoms with Crippen LogP contribution in [0.3, 0.4) is 0 Å². The van der Waals surface area contributed by atoms with Crippen molar-refractivity contribution < 1.29 is 23.7 Å². The Morgan fingerprint density at radius 3 is 2.50 bits per heavy atom. The van der Waals surface area contributed by atoms with Crippen LogP contribution in [0.25, 0.3) is 0 Å². The third-order valence-corrected chi connectivity index (χ3v) is 1.87. The summed E-state index contributed by atoms with van der Waals surface area (Å²) < 4.78 is 22.9. The summed E-state index contributed by atoms with van der Waals surface area (Å²) in [7, 11) is -5.16. The minimum absolute atomic E-state index is 0.727. The first-order chi connectivity index (χ1) is 5.37. The first-order valence-electron chi connectivity index (χ1n) is 2.77. The van der Waals surface area contributed by atoms with E-state index in [1.54, 1.807) is 5.09 Å². The van der Waals surface area contributed by atoms with E-state index in [1.807, 2.05) is 0 Å². The van der Waals surface area contributed by atoms with Gasteiger partial charge in [0, 0.05) is 0 Å². The number of amides is 1. The van der Waals surface area contributed by atoms with Gasteiger partial charge in [0.1, 0.15) is 0 Å². The van der Waals surface area contributed by atoms with Crippen LogP contribution in [-0.2, 0) is 13.9 Å². The number of rotatable bonds is 3. The topological polar surface area (TPSA) is 116 Å². The molecule has 0 aromatic heterocycles. The van der Waals surface area contributed by atoms with Gasteiger partial charge in [-0.3, -0.25) is 0 Å². The van der Waals surface area contributed by atoms with E-state index in [1.165, 1.54) is 6.92 Å². The third kappa shape index (κ3) is 5.46. The molecule has 0 aliphatic heterocycles. The van der Waals surface area contributed by atoms with E-state index in [9.17, 15) is 13.9 Å². The molecular formula is C3H7N2O5P2+. The van der Waals surface area contributed by atoms with E-state index in [0.717, 1.165) is 0 Å². The van der Waals surface area contributed by atoms with Crippen LogP contribution in [0.15, 0.2) is 4.74 Å². The molecule has 0 unspecified atom stereocenters. The fraction of sp³-hybridized carbons (Fsp3) is 0.667. The van der Waals surface area contributed by atoms with Gasteiger partial charge in [0.15, 0.2) is 0 Å². The van der Waals surface area contributed by atoms with Gasteiger partial charge in [-0.05, 0) is 0 Å². The van der Waals surface area contributed by atoms with E-state index >= 15 is 0 Å². The second-order valence-electron chi connectivity index (χ2n) is 1.91. The number of nitrogens with one attached hydrogen (secondary N) is 1. The molecule has 0 heterocycles. The molecule has 0 fully saturated rings. The van der Waals surface area contributed by atoms with Gasteiger partial charge in [0.2, 0.25) is 0 Å². The van der Waals surface area contributed by atoms with Crippen molar-refractivity contribution in [1.82, 2.24) is 5.09 Å². The number of hydrogen-bond acceptors (Lipinski definition) is 3. The van der Waals surface area contributed by atoms with E-state index < -0.39 is 27.9 Å². The van der Waals surface area contributed by atoms with Gasteiger partial charge in [-0.1, -0.05) is 0 Å². The predicted molar refractivity (Wildman–Crippen MR) is 39.7 cm³/mol. The Morgan fingerprint density at radius 2 is 2.17 bits per heavy atom. The zero-order valence-corrected chi connectivity index (χ0v) is 7.83. The van der Waals surface area contributed by atoms with Crippen LogP contribution in [0, 0.1) is 0 Å². The Kier molecular flexibility index (Phi) is 4.67. The van der Waals surface area contributed by atoms with Gasteiger partial charge in [0.05, 0.1) is 0 Å². The van der Waals surface area contributed by atoms with Crippen molar-refractivity contribution in [2.75, 3.05) is 0 Å². The Bertz CT molecular complexity index is 266. The van der Waals surface area contributed by atoms with E-state index in [-0.39, 0.29) is 0 Å². The van der Waals surface area contributed by atoms with E-state index in [2.05, 4.69) is 4.74 Å². The Hall–Kier alpha value is -0.190. The van der Waals surface area contributed by atoms with Crippen LogP contribution in [0.5, 0.6) is 0 Å². The molecule has 0 aliphatic rings. The standard InChI is InChI=1S/C3H6N2O5P2/c1-2(3(6)4-11-7)5-12(8,9)10/h2H,1H3,(H2-,5,8,9,10)/p+1/t2-/m0/s1. The van der Waals surface area contributed by atoms with Crippen LogP contribution >= 0.6 is 16.0 Å². The Balaban J connectivity index is 4.23. The van der Waals surface area contributed by atoms with Crippen LogP contribution < -0.4 is 5.09 Å². The van der Waals surface area contributed by atoms with Gasteiger partial charge in [-0.2, -0.15) is 0 Å². The summed E-state index contributed by atoms with van der Waals surface area (Å²) in [6.07, 6.45) is 0. The molecule has 0 aromatic rings. The maximum absolute atomic E-state index is 10.6. The molecule has 12 heavy (non-hydrogen) atoms. The predicted octanol–water partition coefficient (Wildman–Crippen LogP) is 0.0591. The molecule has 0 saturated carbocycles. The SMILES string of the molecule is C[C@H](NP(=O)(O)O)C(=O)N=[P+]=O. The van der Waals surface area contributed by atoms with Gasteiger partial charge in [-0.15, -0.1) is 0 Å². The maximum atomic E-state index is 10.6. The number of nitrogens with zero attached hydrogens (tertiary/aromatic N) is 1. The molecule has 0 aliphatic carbocycles. The van der Waals surface area contributed by atoms with Crippen LogP contribution in [0.4, 0.5) is 0 Å². The molecule has 7 nitrogen and oxygen atoms in total. The zero-order valence-electron chi connectivity index (χ0n) is 6.04. The average Bonchev–Trinajstić information content (AvgIpc) is 1.84. The third-order valence-electron chi connectivity index (χ3n) is 0.872. The van der Waals surface area contributed by atoms with Crippen molar-refractivity contribution in [2.24, 2.45) is 4.74 Å². The molecule has 9 heteroatoms. The molecular weight excluding hydrogens is 206 g/mol. The fourth-order valence-corrected chi connectivity index (χ4v) is 1.30. The molecule has 3 N–H and O–H groups in total. The van der Waals surface area contributed by atoms with E-state index in [0.29, 0.717) is 0 Å². The molecule has 0 spiro atoms. The summed E-state index contributed by atoms with van der Waals surface area (Å²) in [4.78, 5) is 27.3. The van der Waals surface area contributed by atoms with Crippen LogP contribution in [0.1, 0.15) is 6.92 Å². The number of hydrogen-bond donors (Lipinski definition) is 3. The summed E-state index contributed by atoms with van der Waals surface area (Å²) in [5.41, 5.74) is 0. The van der Waals surface area contributed by atoms with Crippen molar-refractivity contribution in [3.8, 4) is 0 Å². The van der Waals surface area contributed by atoms with Crippen LogP contribution in [-0.4, -0.2) is 21.7 Å². The van der Waals surface area contributed by atoms with Crippen molar-refractivity contribution in [1.29, 1.82) is 0 Å². The summed E-state index contributed by atoms with van der Waals surface area (Å²) in [5.74, 6) is -0.880. The van der Waals surface area contributed by atoms with Crippen molar-refractivity contribution >= 4 is 21.9 Å². The second-order valence-corrected chi connectivity index (χ2v) is 3.62. The fourth-order valence-electron chi connectivity index (χ4n) is 0.434. The number of carbonyl (C=O) groups excluding carboxylic acids is 1. The Labute approximate surface area is 69.3 Å². The van der Waals surface area contributed by atoms with Gasteiger partial charge >= 0.3 is 68.4 Å². The van der Waals surface area contributed by atoms with Crippen molar-refractivity contribution in [3.05, 3.63) is 0 Å². The zero-order chi connectivity index (χ0) is 9.78. The molecule has 1 amide bonds. The van der Waals surface area contributed by atoms with Gasteiger partial charge in [-0.25, -0.2) is 0 Å². The first-order valence-corrected chi connectivity index (χ1v) is 5.15. The van der Waals surface area contributed by atoms with E-state index in [4.69, 9.17) is 9.79 Å². The molecule has 0 aromatic carbocycles. The Morgan fingerprint density at radius 1 is 1.67 bits per heavy atom. The quantitative estimate of drug-likeness (QED) is 0.570. The summed E-state index contributed by atoms with van der Waals surface area (Å²) in [6, 6.07) is -1.15. The summed E-state index contributed by atoms with van der Waals surface area (Å²) >= 11 is 0. The van der Waals surface area contributed by atoms with Gasteiger partial charge in [0.25, 0.3) is 0 Å².